The van der Waals surface area contributed by atoms with Gasteiger partial charge < -0.3 is 0 Å². The van der Waals surface area contributed by atoms with E-state index in [0.717, 1.165) is 16.8 Å². The molecule has 3 heterocycles. The summed E-state index contributed by atoms with van der Waals surface area (Å²) in [6.07, 6.45) is 0. The predicted molar refractivity (Wildman–Crippen MR) is 103 cm³/mol. The summed E-state index contributed by atoms with van der Waals surface area (Å²) < 4.78 is 15.5. The number of H-pyrrole nitrogens is 1. The van der Waals surface area contributed by atoms with E-state index in [0.29, 0.717) is 10.3 Å². The average Bonchev–Trinajstić information content (AvgIpc) is 3.24. The van der Waals surface area contributed by atoms with Crippen LogP contribution in [0.25, 0.3) is 17.0 Å². The Bertz CT molecular complexity index is 1230. The van der Waals surface area contributed by atoms with E-state index in [1.807, 2.05) is 0 Å². The number of carbonyl (C=O) groups is 1. The maximum absolute atomic E-state index is 14.1. The number of fused-ring (bicyclic) bond motifs is 1. The summed E-state index contributed by atoms with van der Waals surface area (Å²) in [4.78, 5) is 32.4. The maximum Gasteiger partial charge on any atom is 0.266 e. The molecule has 0 fully saturated rings. The minimum Gasteiger partial charge on any atom is -0.300 e. The standard InChI is InChI=1S/C16H12FN7O2S2/c1-8-21-22-15(28-8)19-13(26)7-27-16-20-14(9-4-2-3-5-10(9)17)18-11-6-12(25)23-24(11)16/h2-6H,7H2,1H3,(H,23,25)(H,19,22,26). The monoisotopic (exact) mass is 417 g/mol. The van der Waals surface area contributed by atoms with E-state index in [4.69, 9.17) is 0 Å². The van der Waals surface area contributed by atoms with Crippen LogP contribution in [0.2, 0.25) is 0 Å². The van der Waals surface area contributed by atoms with Gasteiger partial charge in [-0.1, -0.05) is 35.2 Å². The number of hydrogen-bond donors (Lipinski definition) is 2. The van der Waals surface area contributed by atoms with Crippen molar-refractivity contribution in [3.63, 3.8) is 0 Å². The van der Waals surface area contributed by atoms with Crippen LogP contribution in [0.3, 0.4) is 0 Å². The van der Waals surface area contributed by atoms with Gasteiger partial charge in [0.05, 0.1) is 11.3 Å². The third-order valence-electron chi connectivity index (χ3n) is 3.54. The number of halogens is 1. The summed E-state index contributed by atoms with van der Waals surface area (Å²) in [5.41, 5.74) is 0.103. The lowest BCUT2D eigenvalue weighted by molar-refractivity contribution is -0.113. The molecule has 0 aliphatic heterocycles. The zero-order chi connectivity index (χ0) is 19.7. The third kappa shape index (κ3) is 3.77. The van der Waals surface area contributed by atoms with Crippen LogP contribution < -0.4 is 10.9 Å². The molecule has 0 atom stereocenters. The molecule has 28 heavy (non-hydrogen) atoms. The number of rotatable bonds is 5. The molecule has 12 heteroatoms. The summed E-state index contributed by atoms with van der Waals surface area (Å²) in [7, 11) is 0. The molecule has 142 valence electrons. The molecule has 9 nitrogen and oxygen atoms in total. The fraction of sp³-hybridized carbons (Fsp3) is 0.125. The zero-order valence-electron chi connectivity index (χ0n) is 14.3. The minimum atomic E-state index is -0.481. The van der Waals surface area contributed by atoms with Gasteiger partial charge in [-0.15, -0.1) is 10.2 Å². The lowest BCUT2D eigenvalue weighted by atomic mass is 10.2. The van der Waals surface area contributed by atoms with Crippen LogP contribution in [0.4, 0.5) is 9.52 Å². The van der Waals surface area contributed by atoms with Gasteiger partial charge in [0, 0.05) is 6.07 Å². The minimum absolute atomic E-state index is 0.00165. The number of nitrogens with zero attached hydrogens (tertiary/aromatic N) is 5. The van der Waals surface area contributed by atoms with E-state index in [1.165, 1.54) is 28.0 Å². The van der Waals surface area contributed by atoms with E-state index in [-0.39, 0.29) is 34.3 Å². The molecule has 1 amide bonds. The van der Waals surface area contributed by atoms with Gasteiger partial charge in [0.1, 0.15) is 10.8 Å². The maximum atomic E-state index is 14.1. The Kier molecular flexibility index (Phi) is 4.88. The van der Waals surface area contributed by atoms with Crippen molar-refractivity contribution in [2.45, 2.75) is 12.1 Å². The van der Waals surface area contributed by atoms with Crippen molar-refractivity contribution in [1.82, 2.24) is 29.8 Å². The van der Waals surface area contributed by atoms with Crippen LogP contribution in [-0.4, -0.2) is 41.4 Å². The quantitative estimate of drug-likeness (QED) is 0.478. The largest absolute Gasteiger partial charge is 0.300 e. The van der Waals surface area contributed by atoms with Crippen LogP contribution in [-0.2, 0) is 4.79 Å². The molecule has 0 saturated heterocycles. The molecule has 2 N–H and O–H groups in total. The van der Waals surface area contributed by atoms with Gasteiger partial charge in [0.2, 0.25) is 11.0 Å². The fourth-order valence-corrected chi connectivity index (χ4v) is 3.74. The Morgan fingerprint density at radius 3 is 2.89 bits per heavy atom. The molecule has 1 aromatic carbocycles. The molecule has 4 rings (SSSR count). The average molecular weight is 417 g/mol. The number of hydrogen-bond acceptors (Lipinski definition) is 8. The van der Waals surface area contributed by atoms with E-state index in [2.05, 4.69) is 30.6 Å². The number of carbonyl (C=O) groups excluding carboxylic acids is 1. The Labute approximate surface area is 165 Å². The van der Waals surface area contributed by atoms with Crippen LogP contribution in [0.1, 0.15) is 5.01 Å². The van der Waals surface area contributed by atoms with Gasteiger partial charge in [-0.3, -0.25) is 20.0 Å². The first-order chi connectivity index (χ1) is 13.5. The van der Waals surface area contributed by atoms with Crippen molar-refractivity contribution >= 4 is 39.8 Å². The highest BCUT2D eigenvalue weighted by Gasteiger charge is 2.15. The highest BCUT2D eigenvalue weighted by molar-refractivity contribution is 7.99. The van der Waals surface area contributed by atoms with E-state index in [9.17, 15) is 14.0 Å². The molecule has 0 aliphatic rings. The van der Waals surface area contributed by atoms with E-state index >= 15 is 0 Å². The van der Waals surface area contributed by atoms with Crippen molar-refractivity contribution in [1.29, 1.82) is 0 Å². The molecule has 0 bridgehead atoms. The second-order valence-corrected chi connectivity index (χ2v) is 7.71. The highest BCUT2D eigenvalue weighted by atomic mass is 32.2. The van der Waals surface area contributed by atoms with Crippen molar-refractivity contribution in [3.05, 3.63) is 51.5 Å². The van der Waals surface area contributed by atoms with Gasteiger partial charge in [0.25, 0.3) is 5.56 Å². The van der Waals surface area contributed by atoms with Crippen molar-refractivity contribution in [2.24, 2.45) is 0 Å². The van der Waals surface area contributed by atoms with Crippen molar-refractivity contribution in [2.75, 3.05) is 11.1 Å². The molecule has 0 spiro atoms. The first kappa shape index (κ1) is 18.3. The molecule has 0 aliphatic carbocycles. The molecule has 4 aromatic rings. The predicted octanol–water partition coefficient (Wildman–Crippen LogP) is 2.11. The normalized spacial score (nSPS) is 11.1. The van der Waals surface area contributed by atoms with Crippen LogP contribution in [0, 0.1) is 12.7 Å². The first-order valence-electron chi connectivity index (χ1n) is 7.97. The number of thioether (sulfide) groups is 1. The summed E-state index contributed by atoms with van der Waals surface area (Å²) in [5.74, 6) is -0.665. The van der Waals surface area contributed by atoms with Crippen molar-refractivity contribution < 1.29 is 9.18 Å². The second kappa shape index (κ2) is 7.48. The van der Waals surface area contributed by atoms with Gasteiger partial charge >= 0.3 is 0 Å². The van der Waals surface area contributed by atoms with Crippen LogP contribution >= 0.6 is 23.1 Å². The number of aromatic nitrogens is 6. The summed E-state index contributed by atoms with van der Waals surface area (Å²) >= 11 is 2.34. The van der Waals surface area contributed by atoms with Gasteiger partial charge in [0.15, 0.2) is 16.6 Å². The SMILES string of the molecule is Cc1nnc(NC(=O)CSc2nc(-c3ccccc3F)nc3cc(=O)[nH]n23)s1. The number of anilines is 1. The smallest absolute Gasteiger partial charge is 0.266 e. The molecular weight excluding hydrogens is 405 g/mol. The molecule has 0 saturated carbocycles. The highest BCUT2D eigenvalue weighted by Crippen LogP contribution is 2.23. The van der Waals surface area contributed by atoms with Crippen LogP contribution in [0.5, 0.6) is 0 Å². The molecular formula is C16H12FN7O2S2. The number of aryl methyl sites for hydroxylation is 1. The lowest BCUT2D eigenvalue weighted by Gasteiger charge is -2.07. The van der Waals surface area contributed by atoms with E-state index < -0.39 is 5.82 Å². The topological polar surface area (TPSA) is 118 Å². The van der Waals surface area contributed by atoms with Crippen LogP contribution in [0.15, 0.2) is 40.3 Å². The fourth-order valence-electron chi connectivity index (χ4n) is 2.38. The molecule has 0 radical (unpaired) electrons. The number of amides is 1. The van der Waals surface area contributed by atoms with E-state index in [1.54, 1.807) is 25.1 Å². The number of benzene rings is 1. The summed E-state index contributed by atoms with van der Waals surface area (Å²) in [6, 6.07) is 7.36. The van der Waals surface area contributed by atoms with Gasteiger partial charge in [-0.25, -0.2) is 18.9 Å². The molecule has 0 unspecified atom stereocenters. The first-order valence-corrected chi connectivity index (χ1v) is 9.77. The summed E-state index contributed by atoms with van der Waals surface area (Å²) in [5, 5.41) is 14.3. The lowest BCUT2D eigenvalue weighted by Crippen LogP contribution is -2.15. The Morgan fingerprint density at radius 2 is 2.14 bits per heavy atom. The second-order valence-electron chi connectivity index (χ2n) is 5.59. The van der Waals surface area contributed by atoms with Gasteiger partial charge in [-0.05, 0) is 19.1 Å². The van der Waals surface area contributed by atoms with Gasteiger partial charge in [-0.2, -0.15) is 0 Å². The Morgan fingerprint density at radius 1 is 1.32 bits per heavy atom. The zero-order valence-corrected chi connectivity index (χ0v) is 16.0. The number of aromatic amines is 1. The summed E-state index contributed by atoms with van der Waals surface area (Å²) in [6.45, 7) is 1.78. The Hall–Kier alpha value is -3.12. The number of nitrogens with one attached hydrogen (secondary N) is 2. The van der Waals surface area contributed by atoms with Crippen molar-refractivity contribution in [3.8, 4) is 11.4 Å². The Balaban J connectivity index is 1.63. The molecule has 3 aromatic heterocycles. The third-order valence-corrected chi connectivity index (χ3v) is 5.24.